The molecule has 1 aliphatic heterocycles. The van der Waals surface area contributed by atoms with Gasteiger partial charge >= 0.3 is 0 Å². The van der Waals surface area contributed by atoms with Crippen LogP contribution in [0.3, 0.4) is 0 Å². The van der Waals surface area contributed by atoms with Crippen molar-refractivity contribution in [3.63, 3.8) is 0 Å². The molecule has 7 nitrogen and oxygen atoms in total. The van der Waals surface area contributed by atoms with Crippen molar-refractivity contribution in [1.29, 1.82) is 0 Å². The monoisotopic (exact) mass is 386 g/mol. The SMILES string of the molecule is COc1cc(C2C3=C(CC(C)(C)CC3=O)Nc3nc(SC)nn32)ccc1O. The number of allylic oxidation sites excluding steroid dienone is 2. The number of phenolic OH excluding ortho intramolecular Hbond substituents is 1. The molecule has 1 atom stereocenters. The summed E-state index contributed by atoms with van der Waals surface area (Å²) in [7, 11) is 1.51. The number of carbonyl (C=O) groups excluding carboxylic acids is 1. The van der Waals surface area contributed by atoms with Crippen molar-refractivity contribution in [2.75, 3.05) is 18.7 Å². The summed E-state index contributed by atoms with van der Waals surface area (Å²) in [6.07, 6.45) is 3.17. The number of benzene rings is 1. The molecule has 1 unspecified atom stereocenters. The molecule has 2 N–H and O–H groups in total. The van der Waals surface area contributed by atoms with E-state index in [0.29, 0.717) is 28.8 Å². The Labute approximate surface area is 161 Å². The average molecular weight is 386 g/mol. The van der Waals surface area contributed by atoms with Crippen molar-refractivity contribution < 1.29 is 14.6 Å². The molecule has 1 aromatic carbocycles. The molecule has 8 heteroatoms. The van der Waals surface area contributed by atoms with Gasteiger partial charge in [0.15, 0.2) is 17.3 Å². The zero-order valence-electron chi connectivity index (χ0n) is 15.7. The van der Waals surface area contributed by atoms with E-state index in [1.807, 2.05) is 6.26 Å². The number of nitrogens with one attached hydrogen (secondary N) is 1. The lowest BCUT2D eigenvalue weighted by Gasteiger charge is -2.38. The fourth-order valence-corrected chi connectivity index (χ4v) is 4.20. The molecule has 0 radical (unpaired) electrons. The molecular weight excluding hydrogens is 364 g/mol. The van der Waals surface area contributed by atoms with E-state index in [-0.39, 0.29) is 16.9 Å². The number of Topliss-reactive ketones (excluding diaryl/α,β-unsaturated/α-hetero) is 1. The maximum atomic E-state index is 13.1. The normalized spacial score (nSPS) is 20.7. The molecule has 2 heterocycles. The summed E-state index contributed by atoms with van der Waals surface area (Å²) in [6.45, 7) is 4.20. The van der Waals surface area contributed by atoms with Crippen molar-refractivity contribution in [3.8, 4) is 11.5 Å². The predicted octanol–water partition coefficient (Wildman–Crippen LogP) is 3.37. The highest BCUT2D eigenvalue weighted by molar-refractivity contribution is 7.98. The van der Waals surface area contributed by atoms with Crippen molar-refractivity contribution in [1.82, 2.24) is 14.8 Å². The third-order valence-corrected chi connectivity index (χ3v) is 5.55. The van der Waals surface area contributed by atoms with Gasteiger partial charge in [0.1, 0.15) is 6.04 Å². The fraction of sp³-hybridized carbons (Fsp3) is 0.421. The highest BCUT2D eigenvalue weighted by atomic mass is 32.2. The predicted molar refractivity (Wildman–Crippen MR) is 103 cm³/mol. The molecule has 142 valence electrons. The number of carbonyl (C=O) groups is 1. The van der Waals surface area contributed by atoms with Gasteiger partial charge in [-0.25, -0.2) is 4.68 Å². The topological polar surface area (TPSA) is 89.3 Å². The summed E-state index contributed by atoms with van der Waals surface area (Å²) in [5, 5.41) is 18.5. The van der Waals surface area contributed by atoms with Crippen LogP contribution in [0.2, 0.25) is 0 Å². The van der Waals surface area contributed by atoms with E-state index in [1.165, 1.54) is 18.9 Å². The summed E-state index contributed by atoms with van der Waals surface area (Å²) in [5.41, 5.74) is 2.34. The molecule has 0 fully saturated rings. The van der Waals surface area contributed by atoms with Crippen molar-refractivity contribution in [2.45, 2.75) is 37.9 Å². The molecule has 0 saturated carbocycles. The first-order valence-electron chi connectivity index (χ1n) is 8.73. The van der Waals surface area contributed by atoms with Crippen molar-refractivity contribution >= 4 is 23.5 Å². The van der Waals surface area contributed by atoms with Crippen LogP contribution in [0.1, 0.15) is 38.3 Å². The van der Waals surface area contributed by atoms with Crippen LogP contribution in [0.4, 0.5) is 5.95 Å². The number of nitrogens with zero attached hydrogens (tertiary/aromatic N) is 3. The summed E-state index contributed by atoms with van der Waals surface area (Å²) >= 11 is 1.45. The smallest absolute Gasteiger partial charge is 0.227 e. The molecular formula is C19H22N4O3S. The number of hydrogen-bond donors (Lipinski definition) is 2. The zero-order chi connectivity index (χ0) is 19.3. The van der Waals surface area contributed by atoms with Crippen LogP contribution in [0.25, 0.3) is 0 Å². The number of anilines is 1. The largest absolute Gasteiger partial charge is 0.504 e. The zero-order valence-corrected chi connectivity index (χ0v) is 16.6. The second kappa shape index (κ2) is 6.30. The van der Waals surface area contributed by atoms with Crippen LogP contribution in [0.5, 0.6) is 11.5 Å². The number of ketones is 1. The first-order chi connectivity index (χ1) is 12.8. The highest BCUT2D eigenvalue weighted by Crippen LogP contribution is 2.46. The molecule has 0 bridgehead atoms. The summed E-state index contributed by atoms with van der Waals surface area (Å²) in [4.78, 5) is 17.6. The van der Waals surface area contributed by atoms with Gasteiger partial charge in [0, 0.05) is 17.7 Å². The van der Waals surface area contributed by atoms with Gasteiger partial charge in [-0.2, -0.15) is 4.98 Å². The maximum absolute atomic E-state index is 13.1. The Morgan fingerprint density at radius 2 is 2.15 bits per heavy atom. The summed E-state index contributed by atoms with van der Waals surface area (Å²) < 4.78 is 7.03. The number of rotatable bonds is 3. The maximum Gasteiger partial charge on any atom is 0.227 e. The van der Waals surface area contributed by atoms with Gasteiger partial charge in [-0.15, -0.1) is 5.10 Å². The van der Waals surface area contributed by atoms with Crippen molar-refractivity contribution in [2.24, 2.45) is 5.41 Å². The number of phenols is 1. The van der Waals surface area contributed by atoms with Crippen LogP contribution in [0.15, 0.2) is 34.6 Å². The summed E-state index contributed by atoms with van der Waals surface area (Å²) in [5.74, 6) is 1.16. The molecule has 2 aromatic rings. The van der Waals surface area contributed by atoms with Crippen LogP contribution >= 0.6 is 11.8 Å². The average Bonchev–Trinajstić information content (AvgIpc) is 3.02. The number of aromatic hydroxyl groups is 1. The van der Waals surface area contributed by atoms with Crippen LogP contribution in [-0.2, 0) is 4.79 Å². The second-order valence-corrected chi connectivity index (χ2v) is 8.43. The van der Waals surface area contributed by atoms with Gasteiger partial charge < -0.3 is 15.2 Å². The third kappa shape index (κ3) is 2.97. The lowest BCUT2D eigenvalue weighted by atomic mass is 9.73. The van der Waals surface area contributed by atoms with E-state index in [4.69, 9.17) is 4.74 Å². The lowest BCUT2D eigenvalue weighted by molar-refractivity contribution is -0.118. The van der Waals surface area contributed by atoms with E-state index in [0.717, 1.165) is 17.7 Å². The van der Waals surface area contributed by atoms with E-state index in [9.17, 15) is 9.90 Å². The van der Waals surface area contributed by atoms with Crippen LogP contribution in [-0.4, -0.2) is 39.0 Å². The molecule has 1 aromatic heterocycles. The number of ether oxygens (including phenoxy) is 1. The number of hydrogen-bond acceptors (Lipinski definition) is 7. The van der Waals surface area contributed by atoms with Gasteiger partial charge in [-0.05, 0) is 35.8 Å². The number of thioether (sulfide) groups is 1. The molecule has 0 saturated heterocycles. The first kappa shape index (κ1) is 17.9. The minimum atomic E-state index is -0.400. The summed E-state index contributed by atoms with van der Waals surface area (Å²) in [6, 6.07) is 4.74. The van der Waals surface area contributed by atoms with E-state index >= 15 is 0 Å². The molecule has 0 spiro atoms. The van der Waals surface area contributed by atoms with E-state index < -0.39 is 6.04 Å². The quantitative estimate of drug-likeness (QED) is 0.782. The van der Waals surface area contributed by atoms with Crippen molar-refractivity contribution in [3.05, 3.63) is 35.0 Å². The Hall–Kier alpha value is -2.48. The molecule has 27 heavy (non-hydrogen) atoms. The third-order valence-electron chi connectivity index (χ3n) is 5.01. The Kier molecular flexibility index (Phi) is 4.18. The van der Waals surface area contributed by atoms with E-state index in [1.54, 1.807) is 22.9 Å². The van der Waals surface area contributed by atoms with E-state index in [2.05, 4.69) is 29.2 Å². The molecule has 0 amide bonds. The van der Waals surface area contributed by atoms with Gasteiger partial charge in [0.25, 0.3) is 0 Å². The molecule has 2 aliphatic rings. The molecule has 4 rings (SSSR count). The Balaban J connectivity index is 1.92. The Morgan fingerprint density at radius 1 is 1.37 bits per heavy atom. The minimum absolute atomic E-state index is 0.0594. The number of fused-ring (bicyclic) bond motifs is 1. The Morgan fingerprint density at radius 3 is 2.85 bits per heavy atom. The van der Waals surface area contributed by atoms with Gasteiger partial charge in [0.05, 0.1) is 7.11 Å². The fourth-order valence-electron chi connectivity index (χ4n) is 3.85. The van der Waals surface area contributed by atoms with Gasteiger partial charge in [-0.1, -0.05) is 31.7 Å². The highest BCUT2D eigenvalue weighted by Gasteiger charge is 2.42. The second-order valence-electron chi connectivity index (χ2n) is 7.66. The van der Waals surface area contributed by atoms with Gasteiger partial charge in [0.2, 0.25) is 11.1 Å². The number of aromatic nitrogens is 3. The molecule has 1 aliphatic carbocycles. The lowest BCUT2D eigenvalue weighted by Crippen LogP contribution is -2.36. The van der Waals surface area contributed by atoms with Gasteiger partial charge in [-0.3, -0.25) is 4.79 Å². The van der Waals surface area contributed by atoms with Crippen LogP contribution in [0, 0.1) is 5.41 Å². The number of methoxy groups -OCH3 is 1. The first-order valence-corrected chi connectivity index (χ1v) is 9.96. The minimum Gasteiger partial charge on any atom is -0.504 e. The Bertz CT molecular complexity index is 964. The van der Waals surface area contributed by atoms with Crippen LogP contribution < -0.4 is 10.1 Å². The standard InChI is InChI=1S/C19H22N4O3S/c1-19(2)8-11-15(13(25)9-19)16(10-5-6-12(24)14(7-10)26-3)23-17(20-11)21-18(22-23)27-4/h5-7,16,24H,8-9H2,1-4H3,(H,20,21,22).